The van der Waals surface area contributed by atoms with Crippen LogP contribution in [0.2, 0.25) is 5.02 Å². The molecule has 2 aromatic heterocycles. The quantitative estimate of drug-likeness (QED) is 0.430. The van der Waals surface area contributed by atoms with Crippen LogP contribution < -0.4 is 5.32 Å². The van der Waals surface area contributed by atoms with Gasteiger partial charge < -0.3 is 5.32 Å². The number of hydrazone groups is 1. The van der Waals surface area contributed by atoms with Crippen LogP contribution in [0.4, 0.5) is 10.5 Å². The first kappa shape index (κ1) is 20.7. The van der Waals surface area contributed by atoms with Crippen LogP contribution in [0, 0.1) is 18.8 Å². The largest absolute Gasteiger partial charge is 0.342 e. The Morgan fingerprint density at radius 2 is 2.06 bits per heavy atom. The van der Waals surface area contributed by atoms with Gasteiger partial charge in [0.25, 0.3) is 0 Å². The maximum atomic E-state index is 13.0. The van der Waals surface area contributed by atoms with Crippen molar-refractivity contribution >= 4 is 35.2 Å². The molecule has 0 radical (unpaired) electrons. The zero-order valence-electron chi connectivity index (χ0n) is 17.7. The van der Waals surface area contributed by atoms with Crippen molar-refractivity contribution in [2.45, 2.75) is 19.4 Å². The molecule has 33 heavy (non-hydrogen) atoms. The van der Waals surface area contributed by atoms with Crippen molar-refractivity contribution < 1.29 is 4.79 Å². The Hall–Kier alpha value is -4.15. The number of aromatic nitrogens is 3. The highest BCUT2D eigenvalue weighted by molar-refractivity contribution is 6.30. The first-order valence-electron chi connectivity index (χ1n) is 10.4. The van der Waals surface area contributed by atoms with Crippen LogP contribution in [0.1, 0.15) is 34.8 Å². The Bertz CT molecular complexity index is 1450. The third-order valence-corrected chi connectivity index (χ3v) is 5.60. The number of carbonyl (C=O) groups is 1. The van der Waals surface area contributed by atoms with E-state index in [1.54, 1.807) is 23.1 Å². The minimum atomic E-state index is -0.317. The molecule has 0 fully saturated rings. The average molecular weight is 455 g/mol. The highest BCUT2D eigenvalue weighted by Crippen LogP contribution is 2.30. The summed E-state index contributed by atoms with van der Waals surface area (Å²) in [6.45, 7) is 1.97. The number of nitrogens with one attached hydrogen (secondary N) is 1. The van der Waals surface area contributed by atoms with Gasteiger partial charge in [0, 0.05) is 35.1 Å². The Labute approximate surface area is 195 Å². The van der Waals surface area contributed by atoms with E-state index in [9.17, 15) is 4.79 Å². The number of anilines is 1. The van der Waals surface area contributed by atoms with E-state index < -0.39 is 0 Å². The topological polar surface area (TPSA) is 74.9 Å². The number of fused-ring (bicyclic) bond motifs is 1. The average Bonchev–Trinajstić information content (AvgIpc) is 3.47. The molecule has 2 aromatic carbocycles. The summed E-state index contributed by atoms with van der Waals surface area (Å²) >= 11 is 6.13. The lowest BCUT2D eigenvalue weighted by Crippen LogP contribution is -2.31. The summed E-state index contributed by atoms with van der Waals surface area (Å²) in [6, 6.07) is 16.3. The van der Waals surface area contributed by atoms with E-state index in [0.29, 0.717) is 22.8 Å². The van der Waals surface area contributed by atoms with Crippen molar-refractivity contribution in [2.75, 3.05) is 5.32 Å². The molecule has 1 aliphatic rings. The van der Waals surface area contributed by atoms with Gasteiger partial charge in [0.05, 0.1) is 12.2 Å². The molecule has 2 amide bonds. The summed E-state index contributed by atoms with van der Waals surface area (Å²) in [5.41, 5.74) is 4.80. The van der Waals surface area contributed by atoms with Crippen LogP contribution in [-0.2, 0) is 0 Å². The number of rotatable bonds is 2. The lowest BCUT2D eigenvalue weighted by molar-refractivity contribution is 0.200. The second-order valence-electron chi connectivity index (χ2n) is 7.60. The Morgan fingerprint density at radius 1 is 1.15 bits per heavy atom. The third kappa shape index (κ3) is 4.29. The van der Waals surface area contributed by atoms with E-state index >= 15 is 0 Å². The molecule has 0 bridgehead atoms. The SMILES string of the molecule is Cc1ccc(NC(=O)N2N=CCC2c2cccc(Cl)c2)cc1C#Cc1cnc2cccnn12. The summed E-state index contributed by atoms with van der Waals surface area (Å²) < 4.78 is 1.69. The van der Waals surface area contributed by atoms with Crippen molar-refractivity contribution in [1.82, 2.24) is 19.6 Å². The van der Waals surface area contributed by atoms with Crippen molar-refractivity contribution in [2.24, 2.45) is 5.10 Å². The van der Waals surface area contributed by atoms with Gasteiger partial charge >= 0.3 is 6.03 Å². The number of benzene rings is 2. The highest BCUT2D eigenvalue weighted by atomic mass is 35.5. The van der Waals surface area contributed by atoms with E-state index in [4.69, 9.17) is 11.6 Å². The minimum Gasteiger partial charge on any atom is -0.306 e. The van der Waals surface area contributed by atoms with E-state index in [0.717, 1.165) is 22.3 Å². The monoisotopic (exact) mass is 454 g/mol. The van der Waals surface area contributed by atoms with Crippen molar-refractivity contribution in [3.63, 3.8) is 0 Å². The zero-order valence-corrected chi connectivity index (χ0v) is 18.5. The Balaban J connectivity index is 1.36. The number of amides is 2. The summed E-state index contributed by atoms with van der Waals surface area (Å²) in [6.07, 6.45) is 5.75. The molecule has 1 N–H and O–H groups in total. The van der Waals surface area contributed by atoms with E-state index in [1.165, 1.54) is 5.01 Å². The molecule has 1 unspecified atom stereocenters. The van der Waals surface area contributed by atoms with Crippen LogP contribution in [-0.4, -0.2) is 31.9 Å². The molecule has 0 spiro atoms. The van der Waals surface area contributed by atoms with Crippen LogP contribution in [0.25, 0.3) is 5.65 Å². The molecular weight excluding hydrogens is 436 g/mol. The lowest BCUT2D eigenvalue weighted by atomic mass is 10.0. The van der Waals surface area contributed by atoms with E-state index in [-0.39, 0.29) is 12.1 Å². The standard InChI is InChI=1S/C25H19ClN6O/c1-17-7-9-21(15-18(17)8-10-22-16-27-24-6-3-12-28-31(22)24)30-25(33)32-23(11-13-29-32)19-4-2-5-20(26)14-19/h2-7,9,12-16,23H,11H2,1H3,(H,30,33). The molecule has 1 aliphatic heterocycles. The van der Waals surface area contributed by atoms with Gasteiger partial charge in [-0.25, -0.2) is 19.3 Å². The molecule has 7 nitrogen and oxygen atoms in total. The van der Waals surface area contributed by atoms with Crippen molar-refractivity contribution in [1.29, 1.82) is 0 Å². The van der Waals surface area contributed by atoms with Gasteiger partial charge in [0.1, 0.15) is 5.69 Å². The summed E-state index contributed by atoms with van der Waals surface area (Å²) in [7, 11) is 0. The van der Waals surface area contributed by atoms with Gasteiger partial charge in [-0.3, -0.25) is 0 Å². The van der Waals surface area contributed by atoms with Gasteiger partial charge in [-0.15, -0.1) is 0 Å². The Morgan fingerprint density at radius 3 is 2.94 bits per heavy atom. The summed E-state index contributed by atoms with van der Waals surface area (Å²) in [4.78, 5) is 17.3. The predicted molar refractivity (Wildman–Crippen MR) is 128 cm³/mol. The number of nitrogens with zero attached hydrogens (tertiary/aromatic N) is 5. The predicted octanol–water partition coefficient (Wildman–Crippen LogP) is 5.06. The number of carbonyl (C=O) groups excluding carboxylic acids is 1. The number of hydrogen-bond donors (Lipinski definition) is 1. The van der Waals surface area contributed by atoms with Gasteiger partial charge in [-0.05, 0) is 60.4 Å². The first-order valence-corrected chi connectivity index (χ1v) is 10.8. The van der Waals surface area contributed by atoms with Crippen molar-refractivity contribution in [3.05, 3.63) is 94.4 Å². The smallest absolute Gasteiger partial charge is 0.306 e. The fraction of sp³-hybridized carbons (Fsp3) is 0.120. The number of urea groups is 1. The van der Waals surface area contributed by atoms with Crippen molar-refractivity contribution in [3.8, 4) is 11.8 Å². The molecule has 8 heteroatoms. The number of hydrogen-bond acceptors (Lipinski definition) is 4. The molecule has 1 atom stereocenters. The molecular formula is C25H19ClN6O. The molecule has 5 rings (SSSR count). The Kier molecular flexibility index (Phi) is 5.51. The second-order valence-corrected chi connectivity index (χ2v) is 8.03. The normalized spacial score (nSPS) is 14.8. The second kappa shape index (κ2) is 8.77. The fourth-order valence-corrected chi connectivity index (χ4v) is 3.86. The molecule has 0 saturated heterocycles. The van der Waals surface area contributed by atoms with Gasteiger partial charge in [-0.1, -0.05) is 35.7 Å². The summed E-state index contributed by atoms with van der Waals surface area (Å²) in [5.74, 6) is 6.29. The van der Waals surface area contributed by atoms with Crippen LogP contribution >= 0.6 is 11.6 Å². The van der Waals surface area contributed by atoms with Crippen LogP contribution in [0.5, 0.6) is 0 Å². The van der Waals surface area contributed by atoms with Gasteiger partial charge in [-0.2, -0.15) is 10.2 Å². The number of halogens is 1. The highest BCUT2D eigenvalue weighted by Gasteiger charge is 2.28. The third-order valence-electron chi connectivity index (χ3n) is 5.36. The number of aryl methyl sites for hydroxylation is 1. The van der Waals surface area contributed by atoms with Gasteiger partial charge in [0.15, 0.2) is 5.65 Å². The zero-order chi connectivity index (χ0) is 22.8. The molecule has 4 aromatic rings. The fourth-order valence-electron chi connectivity index (χ4n) is 3.66. The maximum absolute atomic E-state index is 13.0. The molecule has 0 aliphatic carbocycles. The van der Waals surface area contributed by atoms with E-state index in [1.807, 2.05) is 61.5 Å². The molecule has 3 heterocycles. The first-order chi connectivity index (χ1) is 16.1. The van der Waals surface area contributed by atoms with Crippen LogP contribution in [0.15, 0.2) is 72.1 Å². The summed E-state index contributed by atoms with van der Waals surface area (Å²) in [5, 5.41) is 13.6. The molecule has 162 valence electrons. The van der Waals surface area contributed by atoms with Crippen LogP contribution in [0.3, 0.4) is 0 Å². The van der Waals surface area contributed by atoms with Gasteiger partial charge in [0.2, 0.25) is 0 Å². The molecule has 0 saturated carbocycles. The maximum Gasteiger partial charge on any atom is 0.342 e. The number of imidazole rings is 1. The lowest BCUT2D eigenvalue weighted by Gasteiger charge is -2.22. The van der Waals surface area contributed by atoms with E-state index in [2.05, 4.69) is 32.3 Å². The minimum absolute atomic E-state index is 0.198.